The van der Waals surface area contributed by atoms with E-state index in [0.717, 1.165) is 24.2 Å². The molecule has 0 bridgehead atoms. The normalized spacial score (nSPS) is 18.6. The molecular weight excluding hydrogens is 420 g/mol. The Morgan fingerprint density at radius 1 is 1.00 bits per heavy atom. The van der Waals surface area contributed by atoms with Crippen LogP contribution in [-0.4, -0.2) is 34.3 Å². The zero-order valence-corrected chi connectivity index (χ0v) is 18.1. The molecule has 0 radical (unpaired) electrons. The van der Waals surface area contributed by atoms with Gasteiger partial charge in [0.15, 0.2) is 0 Å². The van der Waals surface area contributed by atoms with Gasteiger partial charge >= 0.3 is 5.97 Å². The maximum Gasteiger partial charge on any atom is 0.308 e. The number of fused-ring (bicyclic) bond motifs is 3. The number of carboxylic acid groups (broad SMARTS) is 1. The molecule has 2 atom stereocenters. The predicted molar refractivity (Wildman–Crippen MR) is 122 cm³/mol. The predicted octanol–water partition coefficient (Wildman–Crippen LogP) is 4.76. The van der Waals surface area contributed by atoms with Gasteiger partial charge in [-0.3, -0.25) is 19.3 Å². The van der Waals surface area contributed by atoms with Crippen molar-refractivity contribution in [1.82, 2.24) is 4.90 Å². The Kier molecular flexibility index (Phi) is 5.40. The number of imide groups is 1. The number of hydrogen-bond donors (Lipinski definition) is 1. The average Bonchev–Trinajstić information content (AvgIpc) is 3.31. The van der Waals surface area contributed by atoms with Crippen LogP contribution in [0.4, 0.5) is 0 Å². The van der Waals surface area contributed by atoms with Gasteiger partial charge in [0, 0.05) is 6.54 Å². The van der Waals surface area contributed by atoms with E-state index in [1.807, 2.05) is 18.2 Å². The first-order chi connectivity index (χ1) is 16.0. The second kappa shape index (κ2) is 8.39. The molecule has 7 nitrogen and oxygen atoms in total. The van der Waals surface area contributed by atoms with Crippen LogP contribution in [0.3, 0.4) is 0 Å². The third kappa shape index (κ3) is 3.67. The van der Waals surface area contributed by atoms with Gasteiger partial charge in [0.25, 0.3) is 11.8 Å². The number of carbonyl (C=O) groups is 3. The minimum absolute atomic E-state index is 0.0852. The van der Waals surface area contributed by atoms with Crippen molar-refractivity contribution in [2.75, 3.05) is 6.54 Å². The highest BCUT2D eigenvalue weighted by Gasteiger charge is 2.38. The third-order valence-corrected chi connectivity index (χ3v) is 7.09. The Balaban J connectivity index is 1.35. The first kappa shape index (κ1) is 21.2. The zero-order chi connectivity index (χ0) is 23.1. The number of hydrogen-bond acceptors (Lipinski definition) is 5. The van der Waals surface area contributed by atoms with E-state index < -0.39 is 29.7 Å². The summed E-state index contributed by atoms with van der Waals surface area (Å²) in [7, 11) is 0. The lowest BCUT2D eigenvalue weighted by Gasteiger charge is -2.21. The molecule has 2 unspecified atom stereocenters. The summed E-state index contributed by atoms with van der Waals surface area (Å²) in [6, 6.07) is 11.4. The minimum Gasteiger partial charge on any atom is -0.481 e. The van der Waals surface area contributed by atoms with E-state index in [0.29, 0.717) is 5.56 Å². The van der Waals surface area contributed by atoms with Gasteiger partial charge in [0.05, 0.1) is 17.0 Å². The van der Waals surface area contributed by atoms with Crippen molar-refractivity contribution in [3.63, 3.8) is 0 Å². The fourth-order valence-electron chi connectivity index (χ4n) is 5.37. The lowest BCUT2D eigenvalue weighted by Crippen LogP contribution is -2.37. The van der Waals surface area contributed by atoms with E-state index in [2.05, 4.69) is 5.18 Å². The van der Waals surface area contributed by atoms with Gasteiger partial charge in [0.2, 0.25) is 0 Å². The van der Waals surface area contributed by atoms with Gasteiger partial charge in [-0.15, -0.1) is 0 Å². The summed E-state index contributed by atoms with van der Waals surface area (Å²) in [4.78, 5) is 50.1. The molecule has 0 aromatic heterocycles. The molecule has 1 aliphatic heterocycles. The first-order valence-corrected chi connectivity index (χ1v) is 11.3. The van der Waals surface area contributed by atoms with Gasteiger partial charge in [-0.05, 0) is 72.9 Å². The van der Waals surface area contributed by atoms with E-state index in [4.69, 9.17) is 0 Å². The number of benzene rings is 2. The summed E-state index contributed by atoms with van der Waals surface area (Å²) in [5, 5.41) is 13.0. The van der Waals surface area contributed by atoms with E-state index in [1.165, 1.54) is 35.1 Å². The largest absolute Gasteiger partial charge is 0.481 e. The molecule has 1 heterocycles. The number of nitroso groups, excluding NO2 is 1. The number of rotatable bonds is 7. The van der Waals surface area contributed by atoms with E-state index in [1.54, 1.807) is 24.3 Å². The molecule has 5 rings (SSSR count). The average molecular weight is 444 g/mol. The molecule has 7 heteroatoms. The maximum absolute atomic E-state index is 12.7. The molecular formula is C26H24N2O5. The molecule has 0 saturated carbocycles. The second-order valence-corrected chi connectivity index (χ2v) is 9.04. The standard InChI is InChI=1S/C26H24N2O5/c29-24-21-7-3-4-8-22(21)25(30)28(24)14-18(26(31)32)13-23(27-33)16-9-10-20-17(12-16)11-15-5-1-2-6-19(15)20/h3-4,7-10,12,18,23H,1-2,5-6,11,13-14H2,(H,31,32). The van der Waals surface area contributed by atoms with Crippen molar-refractivity contribution in [2.45, 2.75) is 44.6 Å². The van der Waals surface area contributed by atoms with Crippen molar-refractivity contribution in [1.29, 1.82) is 0 Å². The molecule has 3 aliphatic rings. The van der Waals surface area contributed by atoms with Gasteiger partial charge in [0.1, 0.15) is 6.04 Å². The molecule has 2 aliphatic carbocycles. The summed E-state index contributed by atoms with van der Waals surface area (Å²) in [5.74, 6) is -3.29. The topological polar surface area (TPSA) is 104 Å². The highest BCUT2D eigenvalue weighted by Crippen LogP contribution is 2.42. The molecule has 33 heavy (non-hydrogen) atoms. The summed E-state index contributed by atoms with van der Waals surface area (Å²) >= 11 is 0. The molecule has 1 N–H and O–H groups in total. The Bertz CT molecular complexity index is 1180. The summed E-state index contributed by atoms with van der Waals surface area (Å²) < 4.78 is 0. The van der Waals surface area contributed by atoms with Gasteiger partial charge in [-0.25, -0.2) is 0 Å². The number of carboxylic acids is 1. The van der Waals surface area contributed by atoms with Crippen LogP contribution in [0, 0.1) is 10.8 Å². The zero-order valence-electron chi connectivity index (χ0n) is 18.1. The van der Waals surface area contributed by atoms with Crippen LogP contribution >= 0.6 is 0 Å². The smallest absolute Gasteiger partial charge is 0.308 e. The van der Waals surface area contributed by atoms with Crippen LogP contribution in [0.1, 0.15) is 75.6 Å². The van der Waals surface area contributed by atoms with Gasteiger partial charge < -0.3 is 5.11 Å². The molecule has 0 spiro atoms. The Morgan fingerprint density at radius 2 is 1.70 bits per heavy atom. The quantitative estimate of drug-likeness (QED) is 0.490. The summed E-state index contributed by atoms with van der Waals surface area (Å²) in [5.41, 5.74) is 6.51. The summed E-state index contributed by atoms with van der Waals surface area (Å²) in [6.45, 7) is -0.297. The minimum atomic E-state index is -1.17. The summed E-state index contributed by atoms with van der Waals surface area (Å²) in [6.07, 6.45) is 5.38. The highest BCUT2D eigenvalue weighted by molar-refractivity contribution is 6.21. The second-order valence-electron chi connectivity index (χ2n) is 9.04. The van der Waals surface area contributed by atoms with Crippen LogP contribution in [0.15, 0.2) is 53.2 Å². The number of aliphatic carboxylic acids is 1. The number of nitrogens with zero attached hydrogens (tertiary/aromatic N) is 2. The van der Waals surface area contributed by atoms with Crippen LogP contribution in [0.5, 0.6) is 0 Å². The van der Waals surface area contributed by atoms with Crippen LogP contribution in [0.25, 0.3) is 5.57 Å². The maximum atomic E-state index is 12.7. The van der Waals surface area contributed by atoms with Crippen LogP contribution < -0.4 is 0 Å². The van der Waals surface area contributed by atoms with Crippen molar-refractivity contribution >= 4 is 23.4 Å². The van der Waals surface area contributed by atoms with E-state index >= 15 is 0 Å². The Labute approximate surface area is 191 Å². The Morgan fingerprint density at radius 3 is 2.36 bits per heavy atom. The molecule has 168 valence electrons. The molecule has 0 saturated heterocycles. The molecule has 2 amide bonds. The van der Waals surface area contributed by atoms with Gasteiger partial charge in [-0.1, -0.05) is 41.1 Å². The Hall–Kier alpha value is -3.61. The molecule has 0 fully saturated rings. The number of amides is 2. The van der Waals surface area contributed by atoms with Crippen molar-refractivity contribution in [3.8, 4) is 0 Å². The van der Waals surface area contributed by atoms with Crippen molar-refractivity contribution < 1.29 is 19.5 Å². The van der Waals surface area contributed by atoms with E-state index in [9.17, 15) is 24.4 Å². The SMILES string of the molecule is O=NC(CC(CN1C(=O)c2ccccc2C1=O)C(=O)O)c1ccc2c(c1)CC1=C2CCCC1. The van der Waals surface area contributed by atoms with Gasteiger partial charge in [-0.2, -0.15) is 4.91 Å². The third-order valence-electron chi connectivity index (χ3n) is 7.09. The lowest BCUT2D eigenvalue weighted by molar-refractivity contribution is -0.142. The van der Waals surface area contributed by atoms with Crippen LogP contribution in [0.2, 0.25) is 0 Å². The monoisotopic (exact) mass is 444 g/mol. The van der Waals surface area contributed by atoms with Crippen molar-refractivity contribution in [3.05, 3.63) is 80.8 Å². The molecule has 2 aromatic rings. The highest BCUT2D eigenvalue weighted by atomic mass is 16.4. The number of carbonyl (C=O) groups excluding carboxylic acids is 2. The van der Waals surface area contributed by atoms with Crippen molar-refractivity contribution in [2.24, 2.45) is 11.1 Å². The van der Waals surface area contributed by atoms with E-state index in [-0.39, 0.29) is 24.1 Å². The first-order valence-electron chi connectivity index (χ1n) is 11.3. The lowest BCUT2D eigenvalue weighted by atomic mass is 9.90. The molecule has 2 aromatic carbocycles. The van der Waals surface area contributed by atoms with Crippen LogP contribution in [-0.2, 0) is 11.2 Å². The number of allylic oxidation sites excluding steroid dienone is 2. The fraction of sp³-hybridized carbons (Fsp3) is 0.346. The fourth-order valence-corrected chi connectivity index (χ4v) is 5.37.